The fourth-order valence-corrected chi connectivity index (χ4v) is 2.66. The summed E-state index contributed by atoms with van der Waals surface area (Å²) in [6.07, 6.45) is 1.61. The molecular formula is C13H17N3OS. The Bertz CT molecular complexity index is 564. The third-order valence-corrected chi connectivity index (χ3v) is 3.63. The van der Waals surface area contributed by atoms with Gasteiger partial charge in [-0.2, -0.15) is 0 Å². The second kappa shape index (κ2) is 5.46. The molecule has 0 spiro atoms. The van der Waals surface area contributed by atoms with Crippen molar-refractivity contribution in [3.05, 3.63) is 23.2 Å². The average molecular weight is 263 g/mol. The zero-order chi connectivity index (χ0) is 13.1. The van der Waals surface area contributed by atoms with E-state index in [1.807, 2.05) is 32.0 Å². The largest absolute Gasteiger partial charge is 0.325 e. The van der Waals surface area contributed by atoms with Gasteiger partial charge >= 0.3 is 0 Å². The standard InChI is InChI=1S/C13H17N3OS/c1-3-4-10(14)13(17)16-9-5-6-11-12(7-9)18-8(2)15-11/h5-7,10H,3-4,14H2,1-2H3,(H,16,17)/t10-/m0/s1. The van der Waals surface area contributed by atoms with Crippen LogP contribution in [0.5, 0.6) is 0 Å². The van der Waals surface area contributed by atoms with Gasteiger partial charge in [0.2, 0.25) is 5.91 Å². The zero-order valence-corrected chi connectivity index (χ0v) is 11.4. The van der Waals surface area contributed by atoms with E-state index in [2.05, 4.69) is 10.3 Å². The summed E-state index contributed by atoms with van der Waals surface area (Å²) in [4.78, 5) is 16.2. The van der Waals surface area contributed by atoms with Crippen molar-refractivity contribution < 1.29 is 4.79 Å². The third-order valence-electron chi connectivity index (χ3n) is 2.70. The average Bonchev–Trinajstić information content (AvgIpc) is 2.68. The van der Waals surface area contributed by atoms with E-state index < -0.39 is 6.04 Å². The first-order chi connectivity index (χ1) is 8.60. The lowest BCUT2D eigenvalue weighted by atomic mass is 10.1. The van der Waals surface area contributed by atoms with Gasteiger partial charge in [-0.15, -0.1) is 11.3 Å². The fraction of sp³-hybridized carbons (Fsp3) is 0.385. The summed E-state index contributed by atoms with van der Waals surface area (Å²) in [5.74, 6) is -0.127. The van der Waals surface area contributed by atoms with Crippen molar-refractivity contribution in [1.82, 2.24) is 4.98 Å². The highest BCUT2D eigenvalue weighted by Crippen LogP contribution is 2.24. The van der Waals surface area contributed by atoms with Crippen LogP contribution in [0.3, 0.4) is 0 Å². The van der Waals surface area contributed by atoms with Gasteiger partial charge in [0.05, 0.1) is 21.3 Å². The van der Waals surface area contributed by atoms with E-state index in [4.69, 9.17) is 5.73 Å². The molecule has 5 heteroatoms. The van der Waals surface area contributed by atoms with Crippen LogP contribution in [0.25, 0.3) is 10.2 Å². The molecular weight excluding hydrogens is 246 g/mol. The number of anilines is 1. The lowest BCUT2D eigenvalue weighted by molar-refractivity contribution is -0.117. The first-order valence-corrected chi connectivity index (χ1v) is 6.85. The third kappa shape index (κ3) is 2.86. The van der Waals surface area contributed by atoms with Gasteiger partial charge in [0.25, 0.3) is 0 Å². The Kier molecular flexibility index (Phi) is 3.93. The molecule has 0 unspecified atom stereocenters. The highest BCUT2D eigenvalue weighted by atomic mass is 32.1. The van der Waals surface area contributed by atoms with Crippen molar-refractivity contribution in [3.63, 3.8) is 0 Å². The zero-order valence-electron chi connectivity index (χ0n) is 10.6. The molecule has 0 fully saturated rings. The van der Waals surface area contributed by atoms with Crippen molar-refractivity contribution in [2.24, 2.45) is 5.73 Å². The van der Waals surface area contributed by atoms with Gasteiger partial charge in [0.1, 0.15) is 0 Å². The number of thiazole rings is 1. The minimum Gasteiger partial charge on any atom is -0.325 e. The van der Waals surface area contributed by atoms with Crippen molar-refractivity contribution in [3.8, 4) is 0 Å². The van der Waals surface area contributed by atoms with Gasteiger partial charge in [-0.25, -0.2) is 4.98 Å². The molecule has 0 radical (unpaired) electrons. The van der Waals surface area contributed by atoms with Crippen LogP contribution in [0.2, 0.25) is 0 Å². The van der Waals surface area contributed by atoms with E-state index in [9.17, 15) is 4.79 Å². The minimum atomic E-state index is -0.436. The predicted molar refractivity (Wildman–Crippen MR) is 75.9 cm³/mol. The van der Waals surface area contributed by atoms with Crippen LogP contribution in [-0.4, -0.2) is 16.9 Å². The number of hydrogen-bond donors (Lipinski definition) is 2. The van der Waals surface area contributed by atoms with E-state index in [1.165, 1.54) is 0 Å². The number of nitrogens with one attached hydrogen (secondary N) is 1. The number of benzene rings is 1. The Morgan fingerprint density at radius 3 is 3.06 bits per heavy atom. The number of nitrogens with zero attached hydrogens (tertiary/aromatic N) is 1. The highest BCUT2D eigenvalue weighted by molar-refractivity contribution is 7.18. The number of aromatic nitrogens is 1. The normalized spacial score (nSPS) is 12.6. The Morgan fingerprint density at radius 2 is 2.33 bits per heavy atom. The molecule has 96 valence electrons. The van der Waals surface area contributed by atoms with Crippen LogP contribution >= 0.6 is 11.3 Å². The van der Waals surface area contributed by atoms with E-state index >= 15 is 0 Å². The Morgan fingerprint density at radius 1 is 1.56 bits per heavy atom. The minimum absolute atomic E-state index is 0.127. The number of carbonyl (C=O) groups is 1. The van der Waals surface area contributed by atoms with E-state index in [1.54, 1.807) is 11.3 Å². The number of nitrogens with two attached hydrogens (primary N) is 1. The number of aryl methyl sites for hydroxylation is 1. The van der Waals surface area contributed by atoms with Crippen molar-refractivity contribution >= 4 is 33.1 Å². The molecule has 18 heavy (non-hydrogen) atoms. The number of rotatable bonds is 4. The van der Waals surface area contributed by atoms with Gasteiger partial charge in [0.15, 0.2) is 0 Å². The second-order valence-corrected chi connectivity index (χ2v) is 5.53. The molecule has 0 aliphatic heterocycles. The molecule has 0 bridgehead atoms. The molecule has 2 aromatic rings. The summed E-state index contributed by atoms with van der Waals surface area (Å²) in [5, 5.41) is 3.87. The molecule has 1 amide bonds. The Hall–Kier alpha value is -1.46. The molecule has 0 saturated heterocycles. The quantitative estimate of drug-likeness (QED) is 0.891. The number of fused-ring (bicyclic) bond motifs is 1. The molecule has 1 aromatic heterocycles. The summed E-state index contributed by atoms with van der Waals surface area (Å²) in [6, 6.07) is 5.28. The monoisotopic (exact) mass is 263 g/mol. The summed E-state index contributed by atoms with van der Waals surface area (Å²) in [7, 11) is 0. The Balaban J connectivity index is 2.14. The number of amides is 1. The van der Waals surface area contributed by atoms with E-state index in [0.29, 0.717) is 6.42 Å². The molecule has 0 saturated carbocycles. The maximum atomic E-state index is 11.8. The molecule has 3 N–H and O–H groups in total. The van der Waals surface area contributed by atoms with E-state index in [0.717, 1.165) is 27.3 Å². The highest BCUT2D eigenvalue weighted by Gasteiger charge is 2.12. The van der Waals surface area contributed by atoms with Crippen LogP contribution in [0.4, 0.5) is 5.69 Å². The molecule has 1 heterocycles. The van der Waals surface area contributed by atoms with Gasteiger partial charge in [-0.3, -0.25) is 4.79 Å². The summed E-state index contributed by atoms with van der Waals surface area (Å²) in [5.41, 5.74) is 7.52. The summed E-state index contributed by atoms with van der Waals surface area (Å²) >= 11 is 1.62. The van der Waals surface area contributed by atoms with Crippen LogP contribution < -0.4 is 11.1 Å². The maximum absolute atomic E-state index is 11.8. The SMILES string of the molecule is CCC[C@H](N)C(=O)Nc1ccc2nc(C)sc2c1. The van der Waals surface area contributed by atoms with E-state index in [-0.39, 0.29) is 5.91 Å². The predicted octanol–water partition coefficient (Wildman–Crippen LogP) is 2.67. The maximum Gasteiger partial charge on any atom is 0.241 e. The van der Waals surface area contributed by atoms with Crippen molar-refractivity contribution in [2.75, 3.05) is 5.32 Å². The van der Waals surface area contributed by atoms with Crippen LogP contribution in [0, 0.1) is 6.92 Å². The summed E-state index contributed by atoms with van der Waals surface area (Å²) in [6.45, 7) is 3.99. The van der Waals surface area contributed by atoms with Gasteiger partial charge < -0.3 is 11.1 Å². The number of hydrogen-bond acceptors (Lipinski definition) is 4. The van der Waals surface area contributed by atoms with Crippen molar-refractivity contribution in [1.29, 1.82) is 0 Å². The number of carbonyl (C=O) groups excluding carboxylic acids is 1. The van der Waals surface area contributed by atoms with Gasteiger partial charge in [-0.05, 0) is 31.5 Å². The lowest BCUT2D eigenvalue weighted by Gasteiger charge is -2.10. The molecule has 4 nitrogen and oxygen atoms in total. The molecule has 0 aliphatic carbocycles. The first-order valence-electron chi connectivity index (χ1n) is 6.03. The van der Waals surface area contributed by atoms with Crippen molar-refractivity contribution in [2.45, 2.75) is 32.7 Å². The lowest BCUT2D eigenvalue weighted by Crippen LogP contribution is -2.35. The molecule has 2 rings (SSSR count). The Labute approximate surface area is 110 Å². The second-order valence-electron chi connectivity index (χ2n) is 4.30. The van der Waals surface area contributed by atoms with Crippen LogP contribution in [-0.2, 0) is 4.79 Å². The summed E-state index contributed by atoms with van der Waals surface area (Å²) < 4.78 is 1.08. The van der Waals surface area contributed by atoms with Gasteiger partial charge in [0, 0.05) is 5.69 Å². The fourth-order valence-electron chi connectivity index (χ4n) is 1.79. The van der Waals surface area contributed by atoms with Crippen LogP contribution in [0.15, 0.2) is 18.2 Å². The van der Waals surface area contributed by atoms with Crippen LogP contribution in [0.1, 0.15) is 24.8 Å². The smallest absolute Gasteiger partial charge is 0.241 e. The molecule has 1 atom stereocenters. The topological polar surface area (TPSA) is 68.0 Å². The van der Waals surface area contributed by atoms with Gasteiger partial charge in [-0.1, -0.05) is 13.3 Å². The first kappa shape index (κ1) is 13.0. The molecule has 1 aromatic carbocycles. The molecule has 0 aliphatic rings.